The van der Waals surface area contributed by atoms with Gasteiger partial charge in [-0.1, -0.05) is 19.9 Å². The van der Waals surface area contributed by atoms with Crippen molar-refractivity contribution in [2.75, 3.05) is 65.5 Å². The summed E-state index contributed by atoms with van der Waals surface area (Å²) in [6.07, 6.45) is 0.0164. The Bertz CT molecular complexity index is 945. The van der Waals surface area contributed by atoms with Gasteiger partial charge in [-0.2, -0.15) is 4.31 Å². The second-order valence-corrected chi connectivity index (χ2v) is 12.1. The van der Waals surface area contributed by atoms with Crippen LogP contribution in [-0.2, 0) is 19.6 Å². The fraction of sp³-hybridized carbons (Fsp3) is 0.720. The molecule has 1 amide bonds. The van der Waals surface area contributed by atoms with Crippen LogP contribution < -0.4 is 5.32 Å². The molecule has 1 unspecified atom stereocenters. The highest BCUT2D eigenvalue weighted by molar-refractivity contribution is 7.89. The van der Waals surface area contributed by atoms with E-state index in [1.807, 2.05) is 38.7 Å². The maximum atomic E-state index is 13.4. The first-order chi connectivity index (χ1) is 16.0. The summed E-state index contributed by atoms with van der Waals surface area (Å²) in [5.74, 6) is 0.570. The number of carbonyl (C=O) groups excluding carboxylic acids is 1. The Balaban J connectivity index is 1.49. The van der Waals surface area contributed by atoms with Crippen molar-refractivity contribution in [1.29, 1.82) is 0 Å². The van der Waals surface area contributed by atoms with Crippen LogP contribution in [0.25, 0.3) is 0 Å². The van der Waals surface area contributed by atoms with E-state index in [1.54, 1.807) is 4.31 Å². The summed E-state index contributed by atoms with van der Waals surface area (Å²) < 4.78 is 34.3. The number of rotatable bonds is 8. The lowest BCUT2D eigenvalue weighted by atomic mass is 10.0. The smallest absolute Gasteiger partial charge is 0.243 e. The highest BCUT2D eigenvalue weighted by atomic mass is 32.2. The van der Waals surface area contributed by atoms with Crippen molar-refractivity contribution < 1.29 is 17.9 Å². The van der Waals surface area contributed by atoms with Crippen molar-refractivity contribution in [2.45, 2.75) is 52.5 Å². The quantitative estimate of drug-likeness (QED) is 0.593. The number of aryl methyl sites for hydroxylation is 2. The molecule has 0 aromatic heterocycles. The number of amides is 1. The third kappa shape index (κ3) is 6.57. The van der Waals surface area contributed by atoms with Gasteiger partial charge in [-0.05, 0) is 55.9 Å². The van der Waals surface area contributed by atoms with Crippen LogP contribution in [0.2, 0.25) is 0 Å². The molecule has 0 spiro atoms. The Kier molecular flexibility index (Phi) is 9.14. The Labute approximate surface area is 205 Å². The number of hydrogen-bond donors (Lipinski definition) is 1. The fourth-order valence-corrected chi connectivity index (χ4v) is 6.90. The zero-order chi connectivity index (χ0) is 25.0. The summed E-state index contributed by atoms with van der Waals surface area (Å²) in [6, 6.07) is 2.04. The number of morpholine rings is 1. The molecule has 1 aromatic rings. The first-order valence-electron chi connectivity index (χ1n) is 12.4. The van der Waals surface area contributed by atoms with Gasteiger partial charge in [0, 0.05) is 52.4 Å². The Hall–Kier alpha value is -1.52. The van der Waals surface area contributed by atoms with E-state index in [4.69, 9.17) is 4.74 Å². The van der Waals surface area contributed by atoms with E-state index in [0.717, 1.165) is 41.9 Å². The second-order valence-electron chi connectivity index (χ2n) is 10.2. The largest absolute Gasteiger partial charge is 0.374 e. The lowest BCUT2D eigenvalue weighted by Gasteiger charge is -2.35. The third-order valence-electron chi connectivity index (χ3n) is 6.97. The maximum absolute atomic E-state index is 13.4. The first-order valence-corrected chi connectivity index (χ1v) is 13.8. The zero-order valence-electron chi connectivity index (χ0n) is 21.7. The molecule has 0 bridgehead atoms. The van der Waals surface area contributed by atoms with E-state index in [9.17, 15) is 13.2 Å². The number of ether oxygens (including phenoxy) is 1. The van der Waals surface area contributed by atoms with Crippen molar-refractivity contribution in [3.63, 3.8) is 0 Å². The van der Waals surface area contributed by atoms with Gasteiger partial charge in [-0.3, -0.25) is 14.6 Å². The molecule has 0 radical (unpaired) electrons. The van der Waals surface area contributed by atoms with E-state index >= 15 is 0 Å². The molecule has 0 saturated carbocycles. The van der Waals surface area contributed by atoms with Crippen molar-refractivity contribution >= 4 is 15.9 Å². The molecule has 2 fully saturated rings. The predicted molar refractivity (Wildman–Crippen MR) is 135 cm³/mol. The minimum atomic E-state index is -3.57. The topological polar surface area (TPSA) is 82.2 Å². The van der Waals surface area contributed by atoms with Crippen LogP contribution in [0.3, 0.4) is 0 Å². The molecule has 8 nitrogen and oxygen atoms in total. The van der Waals surface area contributed by atoms with Crippen LogP contribution in [0.15, 0.2) is 11.0 Å². The molecular formula is C25H42N4O4S. The van der Waals surface area contributed by atoms with Gasteiger partial charge in [-0.25, -0.2) is 8.42 Å². The van der Waals surface area contributed by atoms with Crippen molar-refractivity contribution in [2.24, 2.45) is 5.92 Å². The van der Waals surface area contributed by atoms with Gasteiger partial charge in [0.1, 0.15) is 0 Å². The third-order valence-corrected chi connectivity index (χ3v) is 9.14. The molecule has 9 heteroatoms. The SMILES string of the molecule is Cc1cc(C)c(C)c(S(=O)(=O)N2CCN(CC(=O)NCC3CN(CC(C)C)CCO3)CC2)c1C. The average Bonchev–Trinajstić information content (AvgIpc) is 2.76. The molecule has 1 atom stereocenters. The summed E-state index contributed by atoms with van der Waals surface area (Å²) >= 11 is 0. The number of sulfonamides is 1. The number of piperazine rings is 1. The van der Waals surface area contributed by atoms with E-state index in [-0.39, 0.29) is 18.6 Å². The minimum absolute atomic E-state index is 0.0164. The van der Waals surface area contributed by atoms with Gasteiger partial charge >= 0.3 is 0 Å². The summed E-state index contributed by atoms with van der Waals surface area (Å²) in [6.45, 7) is 18.3. The Morgan fingerprint density at radius 1 is 1.03 bits per heavy atom. The number of benzene rings is 1. The minimum Gasteiger partial charge on any atom is -0.374 e. The second kappa shape index (κ2) is 11.5. The van der Waals surface area contributed by atoms with Crippen molar-refractivity contribution in [3.05, 3.63) is 28.3 Å². The van der Waals surface area contributed by atoms with Gasteiger partial charge < -0.3 is 10.1 Å². The van der Waals surface area contributed by atoms with Gasteiger partial charge in [0.05, 0.1) is 24.2 Å². The van der Waals surface area contributed by atoms with E-state index in [1.165, 1.54) is 0 Å². The zero-order valence-corrected chi connectivity index (χ0v) is 22.5. The van der Waals surface area contributed by atoms with E-state index < -0.39 is 10.0 Å². The fourth-order valence-electron chi connectivity index (χ4n) is 4.90. The van der Waals surface area contributed by atoms with Crippen molar-refractivity contribution in [1.82, 2.24) is 19.4 Å². The van der Waals surface area contributed by atoms with Gasteiger partial charge in [0.15, 0.2) is 0 Å². The monoisotopic (exact) mass is 494 g/mol. The molecular weight excluding hydrogens is 452 g/mol. The summed E-state index contributed by atoms with van der Waals surface area (Å²) in [5.41, 5.74) is 3.63. The molecule has 1 N–H and O–H groups in total. The van der Waals surface area contributed by atoms with Crippen LogP contribution in [0.5, 0.6) is 0 Å². The predicted octanol–water partition coefficient (Wildman–Crippen LogP) is 1.70. The number of nitrogens with zero attached hydrogens (tertiary/aromatic N) is 3. The van der Waals surface area contributed by atoms with Gasteiger partial charge in [0.25, 0.3) is 0 Å². The van der Waals surface area contributed by atoms with Crippen LogP contribution in [0, 0.1) is 33.6 Å². The first kappa shape index (κ1) is 27.1. The normalized spacial score (nSPS) is 21.2. The van der Waals surface area contributed by atoms with E-state index in [0.29, 0.717) is 50.1 Å². The summed E-state index contributed by atoms with van der Waals surface area (Å²) in [4.78, 5) is 17.4. The van der Waals surface area contributed by atoms with Crippen LogP contribution in [0.4, 0.5) is 0 Å². The number of hydrogen-bond acceptors (Lipinski definition) is 6. The molecule has 34 heavy (non-hydrogen) atoms. The van der Waals surface area contributed by atoms with Gasteiger partial charge in [0.2, 0.25) is 15.9 Å². The van der Waals surface area contributed by atoms with Crippen molar-refractivity contribution in [3.8, 4) is 0 Å². The molecule has 3 rings (SSSR count). The Morgan fingerprint density at radius 2 is 1.65 bits per heavy atom. The Morgan fingerprint density at radius 3 is 2.24 bits per heavy atom. The maximum Gasteiger partial charge on any atom is 0.243 e. The van der Waals surface area contributed by atoms with E-state index in [2.05, 4.69) is 24.1 Å². The molecule has 2 aliphatic heterocycles. The molecule has 2 aliphatic rings. The highest BCUT2D eigenvalue weighted by Gasteiger charge is 2.32. The van der Waals surface area contributed by atoms with Crippen LogP contribution >= 0.6 is 0 Å². The van der Waals surface area contributed by atoms with Crippen LogP contribution in [0.1, 0.15) is 36.1 Å². The lowest BCUT2D eigenvalue weighted by molar-refractivity contribution is -0.123. The summed E-state index contributed by atoms with van der Waals surface area (Å²) in [5, 5.41) is 3.00. The molecule has 1 aromatic carbocycles. The molecule has 192 valence electrons. The standard InChI is InChI=1S/C25H42N4O4S/c1-18(2)15-28-11-12-33-23(16-28)14-26-24(30)17-27-7-9-29(10-8-27)34(31,32)25-21(5)19(3)13-20(4)22(25)6/h13,18,23H,7-12,14-17H2,1-6H3,(H,26,30). The number of nitrogens with one attached hydrogen (secondary N) is 1. The summed E-state index contributed by atoms with van der Waals surface area (Å²) in [7, 11) is -3.57. The molecule has 2 heterocycles. The van der Waals surface area contributed by atoms with Gasteiger partial charge in [-0.15, -0.1) is 0 Å². The highest BCUT2D eigenvalue weighted by Crippen LogP contribution is 2.29. The molecule has 2 saturated heterocycles. The number of carbonyl (C=O) groups is 1. The van der Waals surface area contributed by atoms with Crippen LogP contribution in [-0.4, -0.2) is 100 Å². The average molecular weight is 495 g/mol. The molecule has 0 aliphatic carbocycles. The lowest BCUT2D eigenvalue weighted by Crippen LogP contribution is -2.52.